The lowest BCUT2D eigenvalue weighted by Gasteiger charge is -2.13. The second-order valence-electron chi connectivity index (χ2n) is 2.88. The maximum absolute atomic E-state index is 10.9. The van der Waals surface area contributed by atoms with Crippen LogP contribution in [0, 0.1) is 5.92 Å². The molecule has 1 atom stereocenters. The van der Waals surface area contributed by atoms with Crippen molar-refractivity contribution in [3.8, 4) is 0 Å². The number of nitrogens with zero attached hydrogens (tertiary/aromatic N) is 1. The number of hydrogen-bond acceptors (Lipinski definition) is 3. The predicted molar refractivity (Wildman–Crippen MR) is 38.9 cm³/mol. The van der Waals surface area contributed by atoms with Crippen molar-refractivity contribution in [2.45, 2.75) is 13.3 Å². The quantitative estimate of drug-likeness (QED) is 0.564. The number of aliphatic hydroxyl groups is 1. The van der Waals surface area contributed by atoms with Crippen LogP contribution in [0.25, 0.3) is 0 Å². The van der Waals surface area contributed by atoms with Crippen LogP contribution in [0.1, 0.15) is 13.3 Å². The molecule has 11 heavy (non-hydrogen) atoms. The van der Waals surface area contributed by atoms with Gasteiger partial charge in [-0.15, -0.1) is 0 Å². The number of amides is 1. The molecule has 0 spiro atoms. The second-order valence-corrected chi connectivity index (χ2v) is 2.88. The largest absolute Gasteiger partial charge is 0.422 e. The summed E-state index contributed by atoms with van der Waals surface area (Å²) in [6, 6.07) is 0. The molecule has 1 aliphatic heterocycles. The minimum absolute atomic E-state index is 0.406. The molecule has 0 aromatic rings. The summed E-state index contributed by atoms with van der Waals surface area (Å²) in [5, 5.41) is 8.29. The Balaban J connectivity index is 2.31. The van der Waals surface area contributed by atoms with Crippen LogP contribution in [0.15, 0.2) is 0 Å². The van der Waals surface area contributed by atoms with Crippen molar-refractivity contribution in [3.63, 3.8) is 0 Å². The third-order valence-electron chi connectivity index (χ3n) is 1.87. The molecule has 0 aliphatic carbocycles. The number of ether oxygens (including phenoxy) is 1. The van der Waals surface area contributed by atoms with Crippen molar-refractivity contribution in [1.82, 2.24) is 4.90 Å². The highest BCUT2D eigenvalue weighted by Crippen LogP contribution is 2.15. The van der Waals surface area contributed by atoms with E-state index in [1.54, 1.807) is 4.90 Å². The zero-order chi connectivity index (χ0) is 8.27. The van der Waals surface area contributed by atoms with E-state index in [1.165, 1.54) is 0 Å². The van der Waals surface area contributed by atoms with Crippen molar-refractivity contribution >= 4 is 6.09 Å². The van der Waals surface area contributed by atoms with Crippen LogP contribution >= 0.6 is 0 Å². The molecular formula is C7H13NO3. The molecule has 4 nitrogen and oxygen atoms in total. The average Bonchev–Trinajstić information content (AvgIpc) is 2.36. The van der Waals surface area contributed by atoms with E-state index in [4.69, 9.17) is 5.11 Å². The Labute approximate surface area is 65.8 Å². The van der Waals surface area contributed by atoms with Gasteiger partial charge in [0.05, 0.1) is 0 Å². The van der Waals surface area contributed by atoms with E-state index in [0.717, 1.165) is 19.5 Å². The fraction of sp³-hybridized carbons (Fsp3) is 0.857. The first kappa shape index (κ1) is 8.33. The Hall–Kier alpha value is -0.770. The summed E-state index contributed by atoms with van der Waals surface area (Å²) in [4.78, 5) is 12.5. The summed E-state index contributed by atoms with van der Waals surface area (Å²) in [5.41, 5.74) is 0. The molecule has 1 rings (SSSR count). The summed E-state index contributed by atoms with van der Waals surface area (Å²) < 4.78 is 4.42. The molecule has 1 fully saturated rings. The van der Waals surface area contributed by atoms with Crippen molar-refractivity contribution in [1.29, 1.82) is 0 Å². The molecule has 0 radical (unpaired) electrons. The molecule has 1 unspecified atom stereocenters. The number of aliphatic hydroxyl groups excluding tert-OH is 1. The Morgan fingerprint density at radius 2 is 2.55 bits per heavy atom. The van der Waals surface area contributed by atoms with E-state index in [2.05, 4.69) is 11.7 Å². The molecule has 1 N–H and O–H groups in total. The summed E-state index contributed by atoms with van der Waals surface area (Å²) in [7, 11) is 0. The van der Waals surface area contributed by atoms with Gasteiger partial charge in [-0.2, -0.15) is 0 Å². The Bertz CT molecular complexity index is 149. The maximum atomic E-state index is 10.9. The van der Waals surface area contributed by atoms with E-state index in [9.17, 15) is 4.79 Å². The molecule has 0 aromatic heterocycles. The first-order valence-corrected chi connectivity index (χ1v) is 3.76. The van der Waals surface area contributed by atoms with E-state index in [0.29, 0.717) is 5.92 Å². The van der Waals surface area contributed by atoms with Crippen LogP contribution in [0.2, 0.25) is 0 Å². The SMILES string of the molecule is CC1CCN(C(=O)OCO)C1. The van der Waals surface area contributed by atoms with Gasteiger partial charge in [0.1, 0.15) is 0 Å². The molecule has 0 aromatic carbocycles. The minimum Gasteiger partial charge on any atom is -0.422 e. The van der Waals surface area contributed by atoms with Gasteiger partial charge in [-0.3, -0.25) is 0 Å². The highest BCUT2D eigenvalue weighted by Gasteiger charge is 2.23. The molecule has 4 heteroatoms. The summed E-state index contributed by atoms with van der Waals surface area (Å²) >= 11 is 0. The summed E-state index contributed by atoms with van der Waals surface area (Å²) in [5.74, 6) is 0.557. The van der Waals surface area contributed by atoms with Gasteiger partial charge < -0.3 is 14.7 Å². The van der Waals surface area contributed by atoms with Crippen LogP contribution in [0.5, 0.6) is 0 Å². The molecule has 0 saturated carbocycles. The zero-order valence-corrected chi connectivity index (χ0v) is 6.62. The summed E-state index contributed by atoms with van der Waals surface area (Å²) in [6.07, 6.45) is 0.623. The zero-order valence-electron chi connectivity index (χ0n) is 6.62. The van der Waals surface area contributed by atoms with Crippen molar-refractivity contribution in [2.24, 2.45) is 5.92 Å². The average molecular weight is 159 g/mol. The highest BCUT2D eigenvalue weighted by atomic mass is 16.6. The smallest absolute Gasteiger partial charge is 0.411 e. The topological polar surface area (TPSA) is 49.8 Å². The Morgan fingerprint density at radius 1 is 1.82 bits per heavy atom. The summed E-state index contributed by atoms with van der Waals surface area (Å²) in [6.45, 7) is 3.06. The second kappa shape index (κ2) is 3.57. The Kier molecular flexibility index (Phi) is 2.70. The Morgan fingerprint density at radius 3 is 3.00 bits per heavy atom. The monoisotopic (exact) mass is 159 g/mol. The van der Waals surface area contributed by atoms with Crippen LogP contribution in [-0.2, 0) is 4.74 Å². The minimum atomic E-state index is -0.524. The van der Waals surface area contributed by atoms with Crippen molar-refractivity contribution < 1.29 is 14.6 Å². The molecule has 1 saturated heterocycles. The number of rotatable bonds is 1. The first-order valence-electron chi connectivity index (χ1n) is 3.76. The van der Waals surface area contributed by atoms with Gasteiger partial charge >= 0.3 is 6.09 Å². The van der Waals surface area contributed by atoms with Crippen LogP contribution in [-0.4, -0.2) is 36.0 Å². The molecule has 0 bridgehead atoms. The maximum Gasteiger partial charge on any atom is 0.411 e. The van der Waals surface area contributed by atoms with Crippen molar-refractivity contribution in [2.75, 3.05) is 19.9 Å². The van der Waals surface area contributed by atoms with E-state index < -0.39 is 12.9 Å². The highest BCUT2D eigenvalue weighted by molar-refractivity contribution is 5.67. The van der Waals surface area contributed by atoms with Gasteiger partial charge in [-0.05, 0) is 12.3 Å². The van der Waals surface area contributed by atoms with Gasteiger partial charge in [0, 0.05) is 13.1 Å². The van der Waals surface area contributed by atoms with E-state index in [1.807, 2.05) is 0 Å². The van der Waals surface area contributed by atoms with Crippen LogP contribution in [0.3, 0.4) is 0 Å². The number of likely N-dealkylation sites (tertiary alicyclic amines) is 1. The van der Waals surface area contributed by atoms with Gasteiger partial charge in [-0.25, -0.2) is 4.79 Å². The number of carbonyl (C=O) groups is 1. The fourth-order valence-electron chi connectivity index (χ4n) is 1.25. The van der Waals surface area contributed by atoms with Crippen LogP contribution in [0.4, 0.5) is 4.79 Å². The number of hydrogen-bond donors (Lipinski definition) is 1. The standard InChI is InChI=1S/C7H13NO3/c1-6-2-3-8(4-6)7(10)11-5-9/h6,9H,2-5H2,1H3. The lowest BCUT2D eigenvalue weighted by Crippen LogP contribution is -2.29. The van der Waals surface area contributed by atoms with Gasteiger partial charge in [-0.1, -0.05) is 6.92 Å². The predicted octanol–water partition coefficient (Wildman–Crippen LogP) is 0.415. The third kappa shape index (κ3) is 2.08. The molecule has 1 heterocycles. The molecular weight excluding hydrogens is 146 g/mol. The van der Waals surface area contributed by atoms with Gasteiger partial charge in [0.25, 0.3) is 0 Å². The fourth-order valence-corrected chi connectivity index (χ4v) is 1.25. The van der Waals surface area contributed by atoms with Gasteiger partial charge in [0.2, 0.25) is 0 Å². The van der Waals surface area contributed by atoms with Crippen molar-refractivity contribution in [3.05, 3.63) is 0 Å². The molecule has 64 valence electrons. The number of carbonyl (C=O) groups excluding carboxylic acids is 1. The van der Waals surface area contributed by atoms with Crippen LogP contribution < -0.4 is 0 Å². The lowest BCUT2D eigenvalue weighted by molar-refractivity contribution is 0.0254. The van der Waals surface area contributed by atoms with E-state index >= 15 is 0 Å². The molecule has 1 amide bonds. The first-order chi connectivity index (χ1) is 5.24. The third-order valence-corrected chi connectivity index (χ3v) is 1.87. The normalized spacial score (nSPS) is 23.8. The molecule has 1 aliphatic rings. The lowest BCUT2D eigenvalue weighted by atomic mass is 10.2. The van der Waals surface area contributed by atoms with E-state index in [-0.39, 0.29) is 0 Å². The van der Waals surface area contributed by atoms with Gasteiger partial charge in [0.15, 0.2) is 6.79 Å².